The molecular formula is C15H20N6OS2. The second-order valence-corrected chi connectivity index (χ2v) is 5.58. The van der Waals surface area contributed by atoms with E-state index in [2.05, 4.69) is 26.4 Å². The highest BCUT2D eigenvalue weighted by molar-refractivity contribution is 7.80. The van der Waals surface area contributed by atoms with Crippen molar-refractivity contribution in [3.8, 4) is 0 Å². The van der Waals surface area contributed by atoms with Crippen LogP contribution in [0.5, 0.6) is 0 Å². The van der Waals surface area contributed by atoms with Crippen molar-refractivity contribution in [1.82, 2.24) is 16.2 Å². The van der Waals surface area contributed by atoms with Gasteiger partial charge in [0.1, 0.15) is 5.71 Å². The fourth-order valence-corrected chi connectivity index (χ4v) is 1.68. The van der Waals surface area contributed by atoms with E-state index < -0.39 is 5.91 Å². The van der Waals surface area contributed by atoms with Crippen molar-refractivity contribution in [3.63, 3.8) is 0 Å². The maximum atomic E-state index is 11.2. The van der Waals surface area contributed by atoms with Gasteiger partial charge in [0.25, 0.3) is 0 Å². The summed E-state index contributed by atoms with van der Waals surface area (Å²) in [5, 5.41) is 11.6. The summed E-state index contributed by atoms with van der Waals surface area (Å²) in [6.07, 6.45) is 0.688. The van der Waals surface area contributed by atoms with Crippen LogP contribution >= 0.6 is 24.4 Å². The van der Waals surface area contributed by atoms with Gasteiger partial charge in [-0.15, -0.1) is 0 Å². The molecular weight excluding hydrogens is 344 g/mol. The number of amides is 1. The first-order valence-corrected chi connectivity index (χ1v) is 7.99. The number of carbonyl (C=O) groups excluding carboxylic acids is 1. The lowest BCUT2D eigenvalue weighted by Crippen LogP contribution is -2.31. The van der Waals surface area contributed by atoms with Crippen LogP contribution in [-0.2, 0) is 0 Å². The first kappa shape index (κ1) is 19.7. The summed E-state index contributed by atoms with van der Waals surface area (Å²) in [5.74, 6) is -0.491. The minimum absolute atomic E-state index is 0.367. The molecule has 1 rings (SSSR count). The van der Waals surface area contributed by atoms with Gasteiger partial charge in [0.2, 0.25) is 5.91 Å². The summed E-state index contributed by atoms with van der Waals surface area (Å²) in [6, 6.07) is 6.72. The molecule has 1 aromatic rings. The van der Waals surface area contributed by atoms with E-state index in [1.165, 1.54) is 0 Å². The van der Waals surface area contributed by atoms with Crippen molar-refractivity contribution in [2.24, 2.45) is 15.9 Å². The molecule has 0 saturated carbocycles. The summed E-state index contributed by atoms with van der Waals surface area (Å²) in [5.41, 5.74) is 13.1. The predicted octanol–water partition coefficient (Wildman–Crippen LogP) is 1.29. The van der Waals surface area contributed by atoms with E-state index in [9.17, 15) is 4.79 Å². The Balaban J connectivity index is 3.15. The number of hydrogen-bond acceptors (Lipinski definition) is 5. The molecule has 128 valence electrons. The fraction of sp³-hybridized carbons (Fsp3) is 0.267. The van der Waals surface area contributed by atoms with Crippen molar-refractivity contribution < 1.29 is 4.79 Å². The normalized spacial score (nSPS) is 11.6. The molecule has 0 heterocycles. The van der Waals surface area contributed by atoms with Gasteiger partial charge in [0, 0.05) is 18.2 Å². The number of carbonyl (C=O) groups is 1. The van der Waals surface area contributed by atoms with Crippen LogP contribution in [0.25, 0.3) is 0 Å². The Labute approximate surface area is 151 Å². The number of hydrazone groups is 2. The number of nitrogens with zero attached hydrogens (tertiary/aromatic N) is 2. The molecule has 0 fully saturated rings. The van der Waals surface area contributed by atoms with Crippen LogP contribution in [-0.4, -0.2) is 34.5 Å². The van der Waals surface area contributed by atoms with Gasteiger partial charge in [-0.2, -0.15) is 10.2 Å². The lowest BCUT2D eigenvalue weighted by Gasteiger charge is -2.09. The number of benzene rings is 1. The molecule has 0 bridgehead atoms. The smallest absolute Gasteiger partial charge is 0.248 e. The highest BCUT2D eigenvalue weighted by atomic mass is 32.1. The summed E-state index contributed by atoms with van der Waals surface area (Å²) >= 11 is 10.1. The zero-order valence-corrected chi connectivity index (χ0v) is 15.3. The lowest BCUT2D eigenvalue weighted by atomic mass is 10.0. The van der Waals surface area contributed by atoms with Crippen molar-refractivity contribution >= 4 is 51.9 Å². The molecule has 0 aliphatic heterocycles. The van der Waals surface area contributed by atoms with Crippen LogP contribution in [0.2, 0.25) is 0 Å². The third-order valence-electron chi connectivity index (χ3n) is 2.95. The molecule has 0 radical (unpaired) electrons. The molecule has 0 saturated heterocycles. The Morgan fingerprint density at radius 3 is 2.21 bits per heavy atom. The van der Waals surface area contributed by atoms with Gasteiger partial charge in [-0.05, 0) is 37.7 Å². The Bertz CT molecular complexity index is 682. The van der Waals surface area contributed by atoms with Crippen LogP contribution < -0.4 is 21.9 Å². The Hall–Kier alpha value is -2.39. The van der Waals surface area contributed by atoms with E-state index >= 15 is 0 Å². The molecule has 0 atom stereocenters. The molecule has 0 spiro atoms. The van der Waals surface area contributed by atoms with E-state index in [-0.39, 0.29) is 0 Å². The summed E-state index contributed by atoms with van der Waals surface area (Å²) in [4.78, 5) is 11.8. The summed E-state index contributed by atoms with van der Waals surface area (Å²) in [7, 11) is 1.69. The van der Waals surface area contributed by atoms with Crippen molar-refractivity contribution in [2.75, 3.05) is 7.05 Å². The second-order valence-electron chi connectivity index (χ2n) is 4.68. The van der Waals surface area contributed by atoms with Crippen LogP contribution in [0.1, 0.15) is 36.2 Å². The molecule has 1 aromatic carbocycles. The van der Waals surface area contributed by atoms with Crippen LogP contribution in [0.3, 0.4) is 0 Å². The Morgan fingerprint density at radius 1 is 1.12 bits per heavy atom. The third-order valence-corrected chi connectivity index (χ3v) is 3.63. The topological polar surface area (TPSA) is 104 Å². The number of nitrogens with one attached hydrogen (secondary N) is 3. The fourth-order valence-electron chi connectivity index (χ4n) is 1.59. The first-order chi connectivity index (χ1) is 11.4. The maximum absolute atomic E-state index is 11.2. The zero-order chi connectivity index (χ0) is 18.1. The van der Waals surface area contributed by atoms with E-state index in [1.54, 1.807) is 38.2 Å². The van der Waals surface area contributed by atoms with Crippen LogP contribution in [0, 0.1) is 0 Å². The summed E-state index contributed by atoms with van der Waals surface area (Å²) < 4.78 is 0. The van der Waals surface area contributed by atoms with Gasteiger partial charge in [-0.1, -0.05) is 31.3 Å². The van der Waals surface area contributed by atoms with Gasteiger partial charge in [-0.25, -0.2) is 0 Å². The quantitative estimate of drug-likeness (QED) is 0.344. The molecule has 24 heavy (non-hydrogen) atoms. The third kappa shape index (κ3) is 6.01. The van der Waals surface area contributed by atoms with Crippen molar-refractivity contribution in [1.29, 1.82) is 0 Å². The average Bonchev–Trinajstić information content (AvgIpc) is 2.59. The SMILES string of the molecule is CCC(=S)NN=C(C)C(=NNC(=S)NC)c1ccc(C(N)=O)cc1. The van der Waals surface area contributed by atoms with Gasteiger partial charge < -0.3 is 11.1 Å². The second kappa shape index (κ2) is 9.68. The van der Waals surface area contributed by atoms with Crippen molar-refractivity contribution in [3.05, 3.63) is 35.4 Å². The molecule has 0 unspecified atom stereocenters. The molecule has 0 aliphatic rings. The summed E-state index contributed by atoms with van der Waals surface area (Å²) in [6.45, 7) is 3.72. The van der Waals surface area contributed by atoms with Crippen molar-refractivity contribution in [2.45, 2.75) is 20.3 Å². The Morgan fingerprint density at radius 2 is 1.71 bits per heavy atom. The number of rotatable bonds is 6. The van der Waals surface area contributed by atoms with Crippen LogP contribution in [0.15, 0.2) is 34.5 Å². The monoisotopic (exact) mass is 364 g/mol. The predicted molar refractivity (Wildman–Crippen MR) is 105 cm³/mol. The van der Waals surface area contributed by atoms with Gasteiger partial charge in [0.05, 0.1) is 10.7 Å². The minimum atomic E-state index is -0.491. The number of thiocarbonyl (C=S) groups is 2. The van der Waals surface area contributed by atoms with Crippen LogP contribution in [0.4, 0.5) is 0 Å². The number of primary amides is 1. The van der Waals surface area contributed by atoms with E-state index in [1.807, 2.05) is 6.92 Å². The van der Waals surface area contributed by atoms with Gasteiger partial charge >= 0.3 is 0 Å². The molecule has 1 amide bonds. The van der Waals surface area contributed by atoms with E-state index in [0.29, 0.717) is 33.5 Å². The highest BCUT2D eigenvalue weighted by Crippen LogP contribution is 2.07. The molecule has 7 nitrogen and oxygen atoms in total. The van der Waals surface area contributed by atoms with Gasteiger partial charge in [0.15, 0.2) is 5.11 Å². The zero-order valence-electron chi connectivity index (χ0n) is 13.7. The molecule has 9 heteroatoms. The number of nitrogens with two attached hydrogens (primary N) is 1. The lowest BCUT2D eigenvalue weighted by molar-refractivity contribution is 0.100. The largest absolute Gasteiger partial charge is 0.366 e. The first-order valence-electron chi connectivity index (χ1n) is 7.18. The van der Waals surface area contributed by atoms with E-state index in [4.69, 9.17) is 30.2 Å². The molecule has 5 N–H and O–H groups in total. The van der Waals surface area contributed by atoms with E-state index in [0.717, 1.165) is 5.56 Å². The highest BCUT2D eigenvalue weighted by Gasteiger charge is 2.10. The number of hydrogen-bond donors (Lipinski definition) is 4. The standard InChI is InChI=1S/C15H20N6OS2/c1-4-12(23)19-18-9(2)13(20-21-15(24)17-3)10-5-7-11(8-6-10)14(16)22/h5-8H,4H2,1-3H3,(H2,16,22)(H,19,23)(H2,17,21,24). The Kier molecular flexibility index (Phi) is 7.93. The molecule has 0 aliphatic carbocycles. The van der Waals surface area contributed by atoms with Gasteiger partial charge in [-0.3, -0.25) is 15.6 Å². The minimum Gasteiger partial charge on any atom is -0.366 e. The molecule has 0 aromatic heterocycles. The maximum Gasteiger partial charge on any atom is 0.248 e. The average molecular weight is 365 g/mol.